The summed E-state index contributed by atoms with van der Waals surface area (Å²) < 4.78 is 0. The number of benzene rings is 1. The van der Waals surface area contributed by atoms with Crippen molar-refractivity contribution in [3.05, 3.63) is 36.2 Å². The lowest BCUT2D eigenvalue weighted by molar-refractivity contribution is -0.120. The number of nitrogens with zero attached hydrogens (tertiary/aromatic N) is 3. The minimum absolute atomic E-state index is 0.149. The van der Waals surface area contributed by atoms with Gasteiger partial charge in [-0.25, -0.2) is 9.97 Å². The van der Waals surface area contributed by atoms with Crippen LogP contribution in [0.4, 0.5) is 23.0 Å². The van der Waals surface area contributed by atoms with E-state index in [1.54, 1.807) is 0 Å². The number of rotatable bonds is 7. The summed E-state index contributed by atoms with van der Waals surface area (Å²) in [5, 5.41) is 6.39. The quantitative estimate of drug-likeness (QED) is 0.714. The van der Waals surface area contributed by atoms with Gasteiger partial charge >= 0.3 is 0 Å². The molecule has 0 spiro atoms. The Balaban J connectivity index is 1.65. The first-order valence-corrected chi connectivity index (χ1v) is 10.4. The number of hydrogen-bond acceptors (Lipinski definition) is 5. The second-order valence-corrected chi connectivity index (χ2v) is 7.36. The minimum Gasteiger partial charge on any atom is -0.357 e. The maximum Gasteiger partial charge on any atom is 0.227 e. The zero-order chi connectivity index (χ0) is 19.9. The third kappa shape index (κ3) is 5.21. The first kappa shape index (κ1) is 20.1. The van der Waals surface area contributed by atoms with E-state index in [9.17, 15) is 4.79 Å². The third-order valence-electron chi connectivity index (χ3n) is 5.31. The number of carbonyl (C=O) groups is 1. The van der Waals surface area contributed by atoms with E-state index >= 15 is 0 Å². The van der Waals surface area contributed by atoms with Crippen molar-refractivity contribution in [1.29, 1.82) is 0 Å². The summed E-state index contributed by atoms with van der Waals surface area (Å²) in [6.45, 7) is 7.95. The molecule has 6 nitrogen and oxygen atoms in total. The number of amides is 1. The number of carbonyl (C=O) groups excluding carboxylic acids is 1. The number of hydrogen-bond donors (Lipinski definition) is 2. The lowest BCUT2D eigenvalue weighted by Crippen LogP contribution is -2.24. The van der Waals surface area contributed by atoms with E-state index in [-0.39, 0.29) is 11.8 Å². The molecule has 1 amide bonds. The van der Waals surface area contributed by atoms with E-state index in [0.29, 0.717) is 0 Å². The van der Waals surface area contributed by atoms with Crippen LogP contribution in [0.3, 0.4) is 0 Å². The van der Waals surface area contributed by atoms with Crippen LogP contribution in [0.1, 0.15) is 51.8 Å². The van der Waals surface area contributed by atoms with Gasteiger partial charge in [0, 0.05) is 36.4 Å². The molecule has 1 heterocycles. The van der Waals surface area contributed by atoms with Crippen molar-refractivity contribution in [2.75, 3.05) is 28.6 Å². The van der Waals surface area contributed by atoms with Crippen LogP contribution in [0.15, 0.2) is 30.3 Å². The van der Waals surface area contributed by atoms with E-state index < -0.39 is 0 Å². The molecule has 6 heteroatoms. The first-order valence-electron chi connectivity index (χ1n) is 10.4. The summed E-state index contributed by atoms with van der Waals surface area (Å²) >= 11 is 0. The van der Waals surface area contributed by atoms with Crippen LogP contribution < -0.4 is 15.5 Å². The van der Waals surface area contributed by atoms with Gasteiger partial charge in [-0.1, -0.05) is 19.3 Å². The molecule has 0 saturated heterocycles. The van der Waals surface area contributed by atoms with E-state index in [4.69, 9.17) is 0 Å². The van der Waals surface area contributed by atoms with Crippen molar-refractivity contribution in [2.45, 2.75) is 52.9 Å². The number of anilines is 4. The van der Waals surface area contributed by atoms with E-state index in [2.05, 4.69) is 39.3 Å². The van der Waals surface area contributed by atoms with Gasteiger partial charge in [-0.3, -0.25) is 4.79 Å². The highest BCUT2D eigenvalue weighted by molar-refractivity contribution is 5.92. The molecule has 1 saturated carbocycles. The molecule has 0 aliphatic heterocycles. The monoisotopic (exact) mass is 381 g/mol. The van der Waals surface area contributed by atoms with Gasteiger partial charge in [0.25, 0.3) is 0 Å². The van der Waals surface area contributed by atoms with Gasteiger partial charge in [0.05, 0.1) is 0 Å². The van der Waals surface area contributed by atoms with Gasteiger partial charge < -0.3 is 15.5 Å². The number of aryl methyl sites for hydroxylation is 1. The van der Waals surface area contributed by atoms with Crippen LogP contribution >= 0.6 is 0 Å². The van der Waals surface area contributed by atoms with Crippen molar-refractivity contribution in [1.82, 2.24) is 9.97 Å². The van der Waals surface area contributed by atoms with Crippen molar-refractivity contribution in [3.8, 4) is 0 Å². The molecule has 2 aromatic rings. The Bertz CT molecular complexity index is 780. The van der Waals surface area contributed by atoms with Crippen molar-refractivity contribution < 1.29 is 4.79 Å². The molecule has 28 heavy (non-hydrogen) atoms. The van der Waals surface area contributed by atoms with Crippen molar-refractivity contribution in [2.24, 2.45) is 5.92 Å². The van der Waals surface area contributed by atoms with Gasteiger partial charge in [-0.2, -0.15) is 0 Å². The molecule has 0 radical (unpaired) electrons. The highest BCUT2D eigenvalue weighted by atomic mass is 16.1. The van der Waals surface area contributed by atoms with Crippen LogP contribution in [0.5, 0.6) is 0 Å². The van der Waals surface area contributed by atoms with Gasteiger partial charge in [0.2, 0.25) is 5.91 Å². The zero-order valence-electron chi connectivity index (χ0n) is 17.2. The predicted octanol–water partition coefficient (Wildman–Crippen LogP) is 4.89. The molecule has 2 N–H and O–H groups in total. The minimum atomic E-state index is 0.149. The fourth-order valence-corrected chi connectivity index (χ4v) is 3.72. The third-order valence-corrected chi connectivity index (χ3v) is 5.31. The Morgan fingerprint density at radius 3 is 2.32 bits per heavy atom. The Labute approximate surface area is 167 Å². The molecule has 1 aliphatic rings. The highest BCUT2D eigenvalue weighted by Gasteiger charge is 2.20. The zero-order valence-corrected chi connectivity index (χ0v) is 17.2. The Morgan fingerprint density at radius 2 is 1.68 bits per heavy atom. The van der Waals surface area contributed by atoms with E-state index in [1.165, 1.54) is 6.42 Å². The van der Waals surface area contributed by atoms with Gasteiger partial charge in [0.15, 0.2) is 0 Å². The Hall–Kier alpha value is -2.63. The summed E-state index contributed by atoms with van der Waals surface area (Å²) in [7, 11) is 0. The van der Waals surface area contributed by atoms with E-state index in [1.807, 2.05) is 37.3 Å². The maximum absolute atomic E-state index is 12.4. The van der Waals surface area contributed by atoms with Crippen molar-refractivity contribution in [3.63, 3.8) is 0 Å². The molecule has 3 rings (SSSR count). The molecular weight excluding hydrogens is 350 g/mol. The fourth-order valence-electron chi connectivity index (χ4n) is 3.72. The lowest BCUT2D eigenvalue weighted by atomic mass is 9.88. The summed E-state index contributed by atoms with van der Waals surface area (Å²) in [5.41, 5.74) is 1.77. The standard InChI is InChI=1S/C22H31N5O/c1-4-27(5-2)21-15-20(23-16(3)24-21)25-18-11-13-19(14-12-18)26-22(28)17-9-7-6-8-10-17/h11-15,17H,4-10H2,1-3H3,(H,26,28)(H,23,24,25). The van der Waals surface area contributed by atoms with Crippen LogP contribution in [-0.2, 0) is 4.79 Å². The first-order chi connectivity index (χ1) is 13.6. The van der Waals surface area contributed by atoms with Crippen LogP contribution in [-0.4, -0.2) is 29.0 Å². The van der Waals surface area contributed by atoms with E-state index in [0.717, 1.165) is 67.6 Å². The Morgan fingerprint density at radius 1 is 1.04 bits per heavy atom. The summed E-state index contributed by atoms with van der Waals surface area (Å²) in [4.78, 5) is 23.6. The predicted molar refractivity (Wildman–Crippen MR) is 115 cm³/mol. The Kier molecular flexibility index (Phi) is 6.85. The fraction of sp³-hybridized carbons (Fsp3) is 0.500. The van der Waals surface area contributed by atoms with Gasteiger partial charge in [-0.15, -0.1) is 0 Å². The largest absolute Gasteiger partial charge is 0.357 e. The maximum atomic E-state index is 12.4. The molecule has 0 unspecified atom stereocenters. The summed E-state index contributed by atoms with van der Waals surface area (Å²) in [6, 6.07) is 9.76. The molecule has 0 bridgehead atoms. The highest BCUT2D eigenvalue weighted by Crippen LogP contribution is 2.26. The second-order valence-electron chi connectivity index (χ2n) is 7.36. The summed E-state index contributed by atoms with van der Waals surface area (Å²) in [6.07, 6.45) is 5.59. The van der Waals surface area contributed by atoms with Gasteiger partial charge in [0.1, 0.15) is 17.5 Å². The average Bonchev–Trinajstić information content (AvgIpc) is 2.71. The molecular formula is C22H31N5O. The van der Waals surface area contributed by atoms with Crippen LogP contribution in [0.25, 0.3) is 0 Å². The number of nitrogens with one attached hydrogen (secondary N) is 2. The van der Waals surface area contributed by atoms with Crippen LogP contribution in [0, 0.1) is 12.8 Å². The normalized spacial score (nSPS) is 14.5. The topological polar surface area (TPSA) is 70.2 Å². The molecule has 0 atom stereocenters. The lowest BCUT2D eigenvalue weighted by Gasteiger charge is -2.21. The second kappa shape index (κ2) is 9.53. The summed E-state index contributed by atoms with van der Waals surface area (Å²) in [5.74, 6) is 2.75. The SMILES string of the molecule is CCN(CC)c1cc(Nc2ccc(NC(=O)C3CCCCC3)cc2)nc(C)n1. The molecule has 150 valence electrons. The van der Waals surface area contributed by atoms with Gasteiger partial charge in [-0.05, 0) is 57.9 Å². The number of aromatic nitrogens is 2. The molecule has 1 aliphatic carbocycles. The smallest absolute Gasteiger partial charge is 0.227 e. The van der Waals surface area contributed by atoms with Crippen LogP contribution in [0.2, 0.25) is 0 Å². The average molecular weight is 382 g/mol. The molecule has 1 aromatic heterocycles. The van der Waals surface area contributed by atoms with Crippen molar-refractivity contribution >= 4 is 28.9 Å². The molecule has 1 aromatic carbocycles. The molecule has 1 fully saturated rings.